The molecule has 0 bridgehead atoms. The molecule has 1 heterocycles. The van der Waals surface area contributed by atoms with Crippen LogP contribution in [0.2, 0.25) is 0 Å². The first-order chi connectivity index (χ1) is 8.20. The number of carbonyl (C=O) groups is 1. The monoisotopic (exact) mass is 246 g/mol. The Hall–Kier alpha value is -1.61. The van der Waals surface area contributed by atoms with Crippen LogP contribution in [0.5, 0.6) is 5.75 Å². The molecule has 0 saturated carbocycles. The predicted octanol–water partition coefficient (Wildman–Crippen LogP) is 4.01. The van der Waals surface area contributed by atoms with Gasteiger partial charge in [0, 0.05) is 5.56 Å². The summed E-state index contributed by atoms with van der Waals surface area (Å²) in [6.07, 6.45) is 0.988. The molecule has 0 aliphatic rings. The summed E-state index contributed by atoms with van der Waals surface area (Å²) in [7, 11) is 0. The lowest BCUT2D eigenvalue weighted by atomic mass is 10.0. The van der Waals surface area contributed by atoms with Gasteiger partial charge in [-0.05, 0) is 60.0 Å². The fraction of sp³-hybridized carbons (Fsp3) is 0.214. The van der Waals surface area contributed by atoms with E-state index in [1.807, 2.05) is 42.8 Å². The van der Waals surface area contributed by atoms with Gasteiger partial charge in [-0.25, -0.2) is 0 Å². The van der Waals surface area contributed by atoms with E-state index in [-0.39, 0.29) is 6.10 Å². The largest absolute Gasteiger partial charge is 0.491 e. The minimum atomic E-state index is 0.112. The number of benzene rings is 1. The first kappa shape index (κ1) is 11.9. The van der Waals surface area contributed by atoms with Crippen molar-refractivity contribution in [2.75, 3.05) is 0 Å². The van der Waals surface area contributed by atoms with Gasteiger partial charge in [0.25, 0.3) is 0 Å². The highest BCUT2D eigenvalue weighted by Gasteiger charge is 2.07. The number of rotatable bonds is 4. The number of hydrogen-bond donors (Lipinski definition) is 0. The fourth-order valence-electron chi connectivity index (χ4n) is 1.66. The zero-order valence-electron chi connectivity index (χ0n) is 9.84. The van der Waals surface area contributed by atoms with E-state index in [2.05, 4.69) is 0 Å². The third-order valence-electron chi connectivity index (χ3n) is 2.35. The first-order valence-corrected chi connectivity index (χ1v) is 6.43. The molecule has 1 aromatic carbocycles. The van der Waals surface area contributed by atoms with Crippen LogP contribution in [0.15, 0.2) is 35.0 Å². The molecule has 0 saturated heterocycles. The summed E-state index contributed by atoms with van der Waals surface area (Å²) in [6, 6.07) is 7.64. The van der Waals surface area contributed by atoms with Crippen molar-refractivity contribution in [3.63, 3.8) is 0 Å². The molecule has 0 aliphatic carbocycles. The highest BCUT2D eigenvalue weighted by atomic mass is 32.1. The zero-order valence-corrected chi connectivity index (χ0v) is 10.7. The van der Waals surface area contributed by atoms with Crippen molar-refractivity contribution in [3.8, 4) is 16.9 Å². The van der Waals surface area contributed by atoms with Crippen molar-refractivity contribution in [2.45, 2.75) is 20.0 Å². The van der Waals surface area contributed by atoms with Crippen LogP contribution in [-0.4, -0.2) is 12.4 Å². The van der Waals surface area contributed by atoms with Gasteiger partial charge < -0.3 is 4.74 Å². The van der Waals surface area contributed by atoms with E-state index in [1.165, 1.54) is 0 Å². The number of thiophene rings is 1. The van der Waals surface area contributed by atoms with Crippen LogP contribution in [0.4, 0.5) is 0 Å². The molecule has 0 radical (unpaired) electrons. The van der Waals surface area contributed by atoms with E-state index >= 15 is 0 Å². The average Bonchev–Trinajstić information content (AvgIpc) is 2.81. The molecule has 0 spiro atoms. The Morgan fingerprint density at radius 3 is 2.71 bits per heavy atom. The van der Waals surface area contributed by atoms with Crippen molar-refractivity contribution < 1.29 is 9.53 Å². The quantitative estimate of drug-likeness (QED) is 0.762. The van der Waals surface area contributed by atoms with Gasteiger partial charge in [-0.15, -0.1) is 0 Å². The van der Waals surface area contributed by atoms with E-state index in [4.69, 9.17) is 4.74 Å². The lowest BCUT2D eigenvalue weighted by molar-refractivity contribution is 0.112. The number of hydrogen-bond acceptors (Lipinski definition) is 3. The minimum absolute atomic E-state index is 0.112. The Kier molecular flexibility index (Phi) is 3.59. The molecule has 88 valence electrons. The van der Waals surface area contributed by atoms with E-state index < -0.39 is 0 Å². The number of aldehydes is 1. The van der Waals surface area contributed by atoms with E-state index in [9.17, 15) is 4.79 Å². The van der Waals surface area contributed by atoms with Crippen molar-refractivity contribution in [3.05, 3.63) is 40.6 Å². The standard InChI is InChI=1S/C14H14O2S/c1-10(2)16-13-3-4-14(12(7-13)8-15)11-5-6-17-9-11/h3-10H,1-2H3. The molecule has 0 N–H and O–H groups in total. The first-order valence-electron chi connectivity index (χ1n) is 5.49. The number of carbonyl (C=O) groups excluding carboxylic acids is 1. The second-order valence-corrected chi connectivity index (χ2v) is 4.83. The molecule has 0 amide bonds. The third kappa shape index (κ3) is 2.74. The Bertz CT molecular complexity index is 501. The summed E-state index contributed by atoms with van der Waals surface area (Å²) in [6.45, 7) is 3.93. The Labute approximate surface area is 105 Å². The highest BCUT2D eigenvalue weighted by molar-refractivity contribution is 7.08. The van der Waals surface area contributed by atoms with Gasteiger partial charge in [0.2, 0.25) is 0 Å². The van der Waals surface area contributed by atoms with E-state index in [1.54, 1.807) is 17.4 Å². The molecule has 17 heavy (non-hydrogen) atoms. The Balaban J connectivity index is 2.39. The Morgan fingerprint density at radius 1 is 1.29 bits per heavy atom. The summed E-state index contributed by atoms with van der Waals surface area (Å²) in [5, 5.41) is 4.04. The van der Waals surface area contributed by atoms with Crippen molar-refractivity contribution in [2.24, 2.45) is 0 Å². The van der Waals surface area contributed by atoms with Gasteiger partial charge in [0.1, 0.15) is 5.75 Å². The van der Waals surface area contributed by atoms with Crippen LogP contribution in [0.1, 0.15) is 24.2 Å². The lowest BCUT2D eigenvalue weighted by Crippen LogP contribution is -2.05. The van der Waals surface area contributed by atoms with Gasteiger partial charge in [0.15, 0.2) is 6.29 Å². The second-order valence-electron chi connectivity index (χ2n) is 4.05. The normalized spacial score (nSPS) is 10.5. The van der Waals surface area contributed by atoms with Gasteiger partial charge >= 0.3 is 0 Å². The lowest BCUT2D eigenvalue weighted by Gasteiger charge is -2.11. The van der Waals surface area contributed by atoms with Crippen LogP contribution in [0.3, 0.4) is 0 Å². The SMILES string of the molecule is CC(C)Oc1ccc(-c2ccsc2)c(C=O)c1. The summed E-state index contributed by atoms with van der Waals surface area (Å²) < 4.78 is 5.57. The van der Waals surface area contributed by atoms with E-state index in [0.29, 0.717) is 5.56 Å². The second kappa shape index (κ2) is 5.15. The van der Waals surface area contributed by atoms with Crippen molar-refractivity contribution in [1.29, 1.82) is 0 Å². The smallest absolute Gasteiger partial charge is 0.150 e. The van der Waals surface area contributed by atoms with Crippen LogP contribution in [0.25, 0.3) is 11.1 Å². The molecule has 0 fully saturated rings. The maximum Gasteiger partial charge on any atom is 0.150 e. The number of ether oxygens (including phenoxy) is 1. The third-order valence-corrected chi connectivity index (χ3v) is 3.04. The molecule has 2 rings (SSSR count). The maximum atomic E-state index is 11.1. The Morgan fingerprint density at radius 2 is 2.12 bits per heavy atom. The van der Waals surface area contributed by atoms with Gasteiger partial charge in [-0.2, -0.15) is 11.3 Å². The fourth-order valence-corrected chi connectivity index (χ4v) is 2.32. The molecule has 0 aliphatic heterocycles. The van der Waals surface area contributed by atoms with Gasteiger partial charge in [0.05, 0.1) is 6.10 Å². The topological polar surface area (TPSA) is 26.3 Å². The zero-order chi connectivity index (χ0) is 12.3. The molecule has 1 aromatic heterocycles. The molecule has 3 heteroatoms. The van der Waals surface area contributed by atoms with Crippen molar-refractivity contribution >= 4 is 17.6 Å². The highest BCUT2D eigenvalue weighted by Crippen LogP contribution is 2.28. The van der Waals surface area contributed by atoms with E-state index in [0.717, 1.165) is 23.2 Å². The molecule has 0 unspecified atom stereocenters. The average molecular weight is 246 g/mol. The molecular formula is C14H14O2S. The predicted molar refractivity (Wildman–Crippen MR) is 70.9 cm³/mol. The summed E-state index contributed by atoms with van der Waals surface area (Å²) in [5.74, 6) is 0.737. The molecule has 2 nitrogen and oxygen atoms in total. The van der Waals surface area contributed by atoms with Crippen LogP contribution >= 0.6 is 11.3 Å². The molecule has 0 atom stereocenters. The van der Waals surface area contributed by atoms with Crippen LogP contribution in [0, 0.1) is 0 Å². The summed E-state index contributed by atoms with van der Waals surface area (Å²) in [5.41, 5.74) is 2.70. The molecular weight excluding hydrogens is 232 g/mol. The maximum absolute atomic E-state index is 11.1. The molecule has 2 aromatic rings. The minimum Gasteiger partial charge on any atom is -0.491 e. The summed E-state index contributed by atoms with van der Waals surface area (Å²) in [4.78, 5) is 11.1. The summed E-state index contributed by atoms with van der Waals surface area (Å²) >= 11 is 1.62. The van der Waals surface area contributed by atoms with Gasteiger partial charge in [-0.1, -0.05) is 0 Å². The van der Waals surface area contributed by atoms with Gasteiger partial charge in [-0.3, -0.25) is 4.79 Å². The van der Waals surface area contributed by atoms with Crippen LogP contribution in [-0.2, 0) is 0 Å². The van der Waals surface area contributed by atoms with Crippen LogP contribution < -0.4 is 4.74 Å². The van der Waals surface area contributed by atoms with Crippen molar-refractivity contribution in [1.82, 2.24) is 0 Å².